The summed E-state index contributed by atoms with van der Waals surface area (Å²) in [6, 6.07) is 15.1. The molecule has 0 amide bonds. The Morgan fingerprint density at radius 3 is 2.45 bits per heavy atom. The van der Waals surface area contributed by atoms with Crippen LogP contribution in [0.25, 0.3) is 11.2 Å². The first kappa shape index (κ1) is 26.7. The Morgan fingerprint density at radius 1 is 1.08 bits per heavy atom. The summed E-state index contributed by atoms with van der Waals surface area (Å²) >= 11 is 0. The summed E-state index contributed by atoms with van der Waals surface area (Å²) < 4.78 is 14.0. The second-order valence-corrected chi connectivity index (χ2v) is 8.79. The number of nitrogens with one attached hydrogen (secondary N) is 2. The highest BCUT2D eigenvalue weighted by Crippen LogP contribution is 2.18. The standard InChI is InChI=1S/C27H32N6O5/c1-4-14-37-21-12-8-19(9-13-21)15-28-31-26-29-24-23(25(35)30-27(36)32(24)3)33(26)16-20(34)17-38-22-10-6-18(5-2)7-11-22/h6-13,15,20,34H,4-5,14,16-17H2,1-3H3,(H,29,31)(H,30,35,36)/b28-15-/t20-/m0/s1. The van der Waals surface area contributed by atoms with Crippen LogP contribution in [0.5, 0.6) is 11.5 Å². The van der Waals surface area contributed by atoms with Crippen molar-refractivity contribution < 1.29 is 14.6 Å². The zero-order valence-electron chi connectivity index (χ0n) is 21.7. The summed E-state index contributed by atoms with van der Waals surface area (Å²) in [7, 11) is 1.51. The first-order valence-corrected chi connectivity index (χ1v) is 12.5. The predicted molar refractivity (Wildman–Crippen MR) is 146 cm³/mol. The predicted octanol–water partition coefficient (Wildman–Crippen LogP) is 2.66. The highest BCUT2D eigenvalue weighted by Gasteiger charge is 2.20. The molecule has 0 unspecified atom stereocenters. The second-order valence-electron chi connectivity index (χ2n) is 8.79. The number of hydrogen-bond donors (Lipinski definition) is 3. The molecule has 2 aromatic carbocycles. The molecular weight excluding hydrogens is 488 g/mol. The number of H-pyrrole nitrogens is 1. The molecule has 4 aromatic rings. The Hall–Kier alpha value is -4.38. The first-order chi connectivity index (χ1) is 18.4. The third-order valence-electron chi connectivity index (χ3n) is 5.91. The topological polar surface area (TPSA) is 136 Å². The molecule has 0 aliphatic heterocycles. The summed E-state index contributed by atoms with van der Waals surface area (Å²) in [6.07, 6.45) is 2.46. The maximum absolute atomic E-state index is 12.7. The Balaban J connectivity index is 1.54. The Kier molecular flexibility index (Phi) is 8.59. The van der Waals surface area contributed by atoms with E-state index in [1.807, 2.05) is 55.5 Å². The van der Waals surface area contributed by atoms with E-state index in [0.29, 0.717) is 12.4 Å². The summed E-state index contributed by atoms with van der Waals surface area (Å²) in [5, 5.41) is 15.0. The Labute approximate surface area is 219 Å². The largest absolute Gasteiger partial charge is 0.494 e. The van der Waals surface area contributed by atoms with Gasteiger partial charge in [-0.15, -0.1) is 0 Å². The highest BCUT2D eigenvalue weighted by molar-refractivity contribution is 5.80. The molecular formula is C27H32N6O5. The van der Waals surface area contributed by atoms with Gasteiger partial charge in [0.15, 0.2) is 11.2 Å². The Bertz CT molecular complexity index is 1500. The van der Waals surface area contributed by atoms with Gasteiger partial charge in [-0.2, -0.15) is 10.1 Å². The minimum atomic E-state index is -0.977. The molecule has 2 aromatic heterocycles. The van der Waals surface area contributed by atoms with Gasteiger partial charge in [0, 0.05) is 7.05 Å². The van der Waals surface area contributed by atoms with Crippen LogP contribution in [0.15, 0.2) is 63.2 Å². The van der Waals surface area contributed by atoms with Crippen molar-refractivity contribution >= 4 is 23.3 Å². The fourth-order valence-electron chi connectivity index (χ4n) is 3.81. The number of ether oxygens (including phenoxy) is 2. The van der Waals surface area contributed by atoms with Gasteiger partial charge >= 0.3 is 5.69 Å². The SMILES string of the molecule is CCCOc1ccc(/C=N\Nc2nc3c(c(=O)[nH]c(=O)n3C)n2C[C@H](O)COc2ccc(CC)cc2)cc1. The number of aromatic amines is 1. The van der Waals surface area contributed by atoms with Gasteiger partial charge in [0.1, 0.15) is 24.2 Å². The van der Waals surface area contributed by atoms with Crippen LogP contribution in [0.3, 0.4) is 0 Å². The third-order valence-corrected chi connectivity index (χ3v) is 5.91. The van der Waals surface area contributed by atoms with E-state index in [1.165, 1.54) is 21.7 Å². The molecule has 3 N–H and O–H groups in total. The van der Waals surface area contributed by atoms with Crippen LogP contribution in [-0.2, 0) is 20.0 Å². The lowest BCUT2D eigenvalue weighted by Crippen LogP contribution is -2.30. The van der Waals surface area contributed by atoms with E-state index in [9.17, 15) is 14.7 Å². The average molecular weight is 521 g/mol. The molecule has 0 aliphatic rings. The summed E-state index contributed by atoms with van der Waals surface area (Å²) in [4.78, 5) is 31.5. The minimum Gasteiger partial charge on any atom is -0.494 e. The molecule has 2 heterocycles. The molecule has 0 aliphatic carbocycles. The quantitative estimate of drug-likeness (QED) is 0.193. The fraction of sp³-hybridized carbons (Fsp3) is 0.333. The number of nitrogens with zero attached hydrogens (tertiary/aromatic N) is 4. The zero-order valence-corrected chi connectivity index (χ0v) is 21.7. The summed E-state index contributed by atoms with van der Waals surface area (Å²) in [5.41, 5.74) is 3.93. The number of rotatable bonds is 12. The molecule has 0 radical (unpaired) electrons. The van der Waals surface area contributed by atoms with Gasteiger partial charge in [-0.25, -0.2) is 10.2 Å². The monoisotopic (exact) mass is 520 g/mol. The maximum Gasteiger partial charge on any atom is 0.329 e. The maximum atomic E-state index is 12.7. The van der Waals surface area contributed by atoms with Crippen molar-refractivity contribution in [3.05, 3.63) is 80.5 Å². The molecule has 0 fully saturated rings. The van der Waals surface area contributed by atoms with Crippen LogP contribution in [0.4, 0.5) is 5.95 Å². The lowest BCUT2D eigenvalue weighted by molar-refractivity contribution is 0.0938. The van der Waals surface area contributed by atoms with Gasteiger partial charge in [0.25, 0.3) is 5.56 Å². The van der Waals surface area contributed by atoms with E-state index in [2.05, 4.69) is 27.4 Å². The number of aliphatic hydroxyl groups is 1. The van der Waals surface area contributed by atoms with E-state index in [1.54, 1.807) is 6.21 Å². The van der Waals surface area contributed by atoms with Crippen LogP contribution >= 0.6 is 0 Å². The molecule has 0 spiro atoms. The summed E-state index contributed by atoms with van der Waals surface area (Å²) in [5.74, 6) is 1.60. The molecule has 200 valence electrons. The minimum absolute atomic E-state index is 0.00995. The smallest absolute Gasteiger partial charge is 0.329 e. The van der Waals surface area contributed by atoms with Gasteiger partial charge in [0.2, 0.25) is 5.95 Å². The van der Waals surface area contributed by atoms with Crippen LogP contribution in [-0.4, -0.2) is 49.7 Å². The molecule has 1 atom stereocenters. The van der Waals surface area contributed by atoms with Crippen molar-refractivity contribution in [2.24, 2.45) is 12.1 Å². The number of benzene rings is 2. The van der Waals surface area contributed by atoms with Gasteiger partial charge in [-0.05, 0) is 60.4 Å². The fourth-order valence-corrected chi connectivity index (χ4v) is 3.81. The number of hydrogen-bond acceptors (Lipinski definition) is 8. The van der Waals surface area contributed by atoms with Crippen LogP contribution < -0.4 is 26.1 Å². The van der Waals surface area contributed by atoms with E-state index >= 15 is 0 Å². The number of aryl methyl sites for hydroxylation is 2. The number of hydrazone groups is 1. The second kappa shape index (κ2) is 12.2. The van der Waals surface area contributed by atoms with Crippen LogP contribution in [0.2, 0.25) is 0 Å². The van der Waals surface area contributed by atoms with Crippen molar-refractivity contribution in [2.75, 3.05) is 18.6 Å². The first-order valence-electron chi connectivity index (χ1n) is 12.5. The number of aromatic nitrogens is 4. The lowest BCUT2D eigenvalue weighted by atomic mass is 10.2. The van der Waals surface area contributed by atoms with E-state index in [4.69, 9.17) is 9.47 Å². The van der Waals surface area contributed by atoms with Gasteiger partial charge in [-0.3, -0.25) is 14.3 Å². The van der Waals surface area contributed by atoms with Gasteiger partial charge in [-0.1, -0.05) is 26.0 Å². The van der Waals surface area contributed by atoms with Gasteiger partial charge < -0.3 is 19.1 Å². The third kappa shape index (κ3) is 6.30. The van der Waals surface area contributed by atoms with Crippen molar-refractivity contribution in [2.45, 2.75) is 39.3 Å². The average Bonchev–Trinajstić information content (AvgIpc) is 3.29. The molecule has 4 rings (SSSR count). The van der Waals surface area contributed by atoms with Crippen LogP contribution in [0, 0.1) is 0 Å². The summed E-state index contributed by atoms with van der Waals surface area (Å²) in [6.45, 7) is 4.73. The molecule has 0 bridgehead atoms. The Morgan fingerprint density at radius 2 is 1.76 bits per heavy atom. The van der Waals surface area contributed by atoms with Crippen molar-refractivity contribution in [3.63, 3.8) is 0 Å². The zero-order chi connectivity index (χ0) is 27.1. The molecule has 11 nitrogen and oxygen atoms in total. The van der Waals surface area contributed by atoms with Crippen molar-refractivity contribution in [1.29, 1.82) is 0 Å². The lowest BCUT2D eigenvalue weighted by Gasteiger charge is -2.15. The number of imidazole rings is 1. The highest BCUT2D eigenvalue weighted by atomic mass is 16.5. The number of fused-ring (bicyclic) bond motifs is 1. The molecule has 11 heteroatoms. The number of anilines is 1. The van der Waals surface area contributed by atoms with E-state index in [0.717, 1.165) is 24.2 Å². The normalized spacial score (nSPS) is 12.2. The van der Waals surface area contributed by atoms with Crippen molar-refractivity contribution in [3.8, 4) is 11.5 Å². The van der Waals surface area contributed by atoms with Crippen molar-refractivity contribution in [1.82, 2.24) is 19.1 Å². The van der Waals surface area contributed by atoms with Gasteiger partial charge in [0.05, 0.1) is 19.4 Å². The number of aliphatic hydroxyl groups excluding tert-OH is 1. The van der Waals surface area contributed by atoms with E-state index in [-0.39, 0.29) is 30.3 Å². The van der Waals surface area contributed by atoms with Crippen LogP contribution in [0.1, 0.15) is 31.4 Å². The molecule has 0 saturated carbocycles. The van der Waals surface area contributed by atoms with E-state index < -0.39 is 17.4 Å². The molecule has 0 saturated heterocycles. The molecule has 38 heavy (non-hydrogen) atoms.